The molecule has 1 aliphatic rings. The lowest BCUT2D eigenvalue weighted by atomic mass is 9.90. The number of hydrogen-bond acceptors (Lipinski definition) is 2. The van der Waals surface area contributed by atoms with Crippen molar-refractivity contribution in [1.82, 2.24) is 5.10 Å². The number of nitrogens with zero attached hydrogens (tertiary/aromatic N) is 4. The summed E-state index contributed by atoms with van der Waals surface area (Å²) in [5.74, 6) is 1.85. The third-order valence-electron chi connectivity index (χ3n) is 3.57. The molecule has 0 spiro atoms. The average molecular weight is 248 g/mol. The Hall–Kier alpha value is -2.50. The Bertz CT molecular complexity index is 749. The standard InChI is InChI=1S/C15H12N4/c16-7-15(8-17)19-10-14-6-12-4-2-1-3-11(12)5-13(14)9-18-19/h5-6,9-10H,1-4H2. The van der Waals surface area contributed by atoms with E-state index < -0.39 is 0 Å². The number of allylic oxidation sites excluding steroid dienone is 1. The lowest BCUT2D eigenvalue weighted by Crippen LogP contribution is -2.35. The second-order valence-corrected chi connectivity index (χ2v) is 4.75. The molecule has 0 bridgehead atoms. The number of aryl methyl sites for hydroxylation is 2. The minimum Gasteiger partial charge on any atom is -0.757 e. The fourth-order valence-corrected chi connectivity index (χ4v) is 2.59. The van der Waals surface area contributed by atoms with E-state index in [9.17, 15) is 0 Å². The van der Waals surface area contributed by atoms with Crippen molar-refractivity contribution in [1.29, 1.82) is 5.26 Å². The zero-order valence-corrected chi connectivity index (χ0v) is 10.4. The van der Waals surface area contributed by atoms with Gasteiger partial charge in [-0.3, -0.25) is 0 Å². The number of nitriles is 1. The number of hydrogen-bond donors (Lipinski definition) is 0. The van der Waals surface area contributed by atoms with Gasteiger partial charge < -0.3 is 5.41 Å². The molecule has 4 heteroatoms. The third-order valence-corrected chi connectivity index (χ3v) is 3.57. The van der Waals surface area contributed by atoms with Crippen molar-refractivity contribution in [3.8, 4) is 6.07 Å². The summed E-state index contributed by atoms with van der Waals surface area (Å²) in [6, 6.07) is 6.19. The van der Waals surface area contributed by atoms with E-state index in [2.05, 4.69) is 17.2 Å². The van der Waals surface area contributed by atoms with E-state index in [1.54, 1.807) is 12.4 Å². The largest absolute Gasteiger partial charge is 0.757 e. The van der Waals surface area contributed by atoms with E-state index in [1.807, 2.05) is 11.9 Å². The molecule has 0 fully saturated rings. The minimum absolute atomic E-state index is 0.0142. The molecule has 0 aliphatic heterocycles. The van der Waals surface area contributed by atoms with Crippen molar-refractivity contribution in [2.45, 2.75) is 25.7 Å². The van der Waals surface area contributed by atoms with Crippen LogP contribution in [0.25, 0.3) is 21.9 Å². The van der Waals surface area contributed by atoms with Gasteiger partial charge in [0.2, 0.25) is 6.20 Å². The highest BCUT2D eigenvalue weighted by atomic mass is 15.3. The summed E-state index contributed by atoms with van der Waals surface area (Å²) >= 11 is 0. The summed E-state index contributed by atoms with van der Waals surface area (Å²) < 4.78 is 1.34. The second kappa shape index (κ2) is 4.64. The average Bonchev–Trinajstić information content (AvgIpc) is 2.46. The number of aromatic nitrogens is 2. The molecule has 0 unspecified atom stereocenters. The number of benzene rings is 1. The van der Waals surface area contributed by atoms with Crippen LogP contribution in [0.2, 0.25) is 0 Å². The van der Waals surface area contributed by atoms with Gasteiger partial charge in [0.1, 0.15) is 6.20 Å². The Kier molecular flexibility index (Phi) is 2.83. The van der Waals surface area contributed by atoms with Crippen LogP contribution in [-0.2, 0) is 12.8 Å². The third kappa shape index (κ3) is 2.01. The molecule has 0 atom stereocenters. The van der Waals surface area contributed by atoms with Gasteiger partial charge in [0.05, 0.1) is 5.39 Å². The smallest absolute Gasteiger partial charge is 0.335 e. The Labute approximate surface area is 111 Å². The molecule has 0 amide bonds. The summed E-state index contributed by atoms with van der Waals surface area (Å²) in [6.45, 7) is 0. The van der Waals surface area contributed by atoms with Crippen LogP contribution < -0.4 is 4.68 Å². The molecule has 0 saturated heterocycles. The Morgan fingerprint density at radius 2 is 1.89 bits per heavy atom. The van der Waals surface area contributed by atoms with Crippen LogP contribution in [0.15, 0.2) is 24.5 Å². The quantitative estimate of drug-likeness (QED) is 0.440. The molecular weight excluding hydrogens is 236 g/mol. The summed E-state index contributed by atoms with van der Waals surface area (Å²) in [5.41, 5.74) is 2.77. The van der Waals surface area contributed by atoms with Crippen molar-refractivity contribution in [2.24, 2.45) is 0 Å². The van der Waals surface area contributed by atoms with Gasteiger partial charge in [-0.2, -0.15) is 11.1 Å². The van der Waals surface area contributed by atoms with Crippen molar-refractivity contribution in [3.05, 3.63) is 41.1 Å². The maximum atomic E-state index is 8.87. The maximum absolute atomic E-state index is 8.87. The number of rotatable bonds is 1. The first kappa shape index (κ1) is 11.6. The monoisotopic (exact) mass is 248 g/mol. The fourth-order valence-electron chi connectivity index (χ4n) is 2.59. The van der Waals surface area contributed by atoms with Gasteiger partial charge in [0, 0.05) is 5.39 Å². The maximum Gasteiger partial charge on any atom is 0.335 e. The van der Waals surface area contributed by atoms with E-state index in [1.165, 1.54) is 28.7 Å². The van der Waals surface area contributed by atoms with Crippen LogP contribution in [0.3, 0.4) is 0 Å². The molecule has 92 valence electrons. The highest BCUT2D eigenvalue weighted by molar-refractivity contribution is 5.85. The van der Waals surface area contributed by atoms with Gasteiger partial charge in [-0.1, -0.05) is 0 Å². The van der Waals surface area contributed by atoms with Gasteiger partial charge in [-0.05, 0) is 58.7 Å². The summed E-state index contributed by atoms with van der Waals surface area (Å²) in [6.07, 6.45) is 8.20. The zero-order chi connectivity index (χ0) is 13.2. The topological polar surface area (TPSA) is 62.9 Å². The first-order chi connectivity index (χ1) is 9.31. The molecule has 1 aromatic carbocycles. The molecule has 3 rings (SSSR count). The van der Waals surface area contributed by atoms with E-state index in [0.29, 0.717) is 0 Å². The van der Waals surface area contributed by atoms with Gasteiger partial charge in [0.25, 0.3) is 0 Å². The molecule has 1 heterocycles. The minimum atomic E-state index is -0.0142. The van der Waals surface area contributed by atoms with Crippen LogP contribution in [0.5, 0.6) is 0 Å². The van der Waals surface area contributed by atoms with Crippen molar-refractivity contribution in [3.63, 3.8) is 0 Å². The van der Waals surface area contributed by atoms with Crippen molar-refractivity contribution < 1.29 is 4.68 Å². The van der Waals surface area contributed by atoms with E-state index in [0.717, 1.165) is 23.6 Å². The lowest BCUT2D eigenvalue weighted by Gasteiger charge is -2.15. The van der Waals surface area contributed by atoms with E-state index in [-0.39, 0.29) is 5.70 Å². The van der Waals surface area contributed by atoms with Crippen molar-refractivity contribution >= 4 is 22.3 Å². The molecular formula is C15H12N4. The Morgan fingerprint density at radius 1 is 1.21 bits per heavy atom. The first-order valence-corrected chi connectivity index (χ1v) is 6.33. The molecule has 0 saturated carbocycles. The Morgan fingerprint density at radius 3 is 2.53 bits per heavy atom. The van der Waals surface area contributed by atoms with Crippen molar-refractivity contribution in [2.75, 3.05) is 0 Å². The molecule has 0 N–H and O–H groups in total. The van der Waals surface area contributed by atoms with E-state index in [4.69, 9.17) is 10.7 Å². The molecule has 19 heavy (non-hydrogen) atoms. The van der Waals surface area contributed by atoms with Crippen LogP contribution in [0.1, 0.15) is 24.0 Å². The number of fused-ring (bicyclic) bond motifs is 2. The van der Waals surface area contributed by atoms with E-state index >= 15 is 0 Å². The predicted octanol–water partition coefficient (Wildman–Crippen LogP) is 2.00. The SMILES string of the molecule is N#CC(=C=[N-])[n+]1cc2cc3c(cc2cn1)CCCC3. The summed E-state index contributed by atoms with van der Waals surface area (Å²) in [4.78, 5) is 0. The highest BCUT2D eigenvalue weighted by Crippen LogP contribution is 2.25. The Balaban J connectivity index is 2.18. The van der Waals surface area contributed by atoms with Gasteiger partial charge in [-0.25, -0.2) is 0 Å². The van der Waals surface area contributed by atoms with Gasteiger partial charge in [0.15, 0.2) is 6.07 Å². The van der Waals surface area contributed by atoms with Crippen LogP contribution in [-0.4, -0.2) is 11.0 Å². The summed E-state index contributed by atoms with van der Waals surface area (Å²) in [5, 5.41) is 24.0. The lowest BCUT2D eigenvalue weighted by molar-refractivity contribution is -0.639. The normalized spacial score (nSPS) is 13.4. The van der Waals surface area contributed by atoms with Gasteiger partial charge in [-0.15, -0.1) is 0 Å². The molecule has 1 aliphatic carbocycles. The molecule has 0 radical (unpaired) electrons. The molecule has 2 aromatic rings. The molecule has 4 nitrogen and oxygen atoms in total. The summed E-state index contributed by atoms with van der Waals surface area (Å²) in [7, 11) is 0. The molecule has 1 aromatic heterocycles. The second-order valence-electron chi connectivity index (χ2n) is 4.75. The zero-order valence-electron chi connectivity index (χ0n) is 10.4. The predicted molar refractivity (Wildman–Crippen MR) is 72.3 cm³/mol. The highest BCUT2D eigenvalue weighted by Gasteiger charge is 2.14. The first-order valence-electron chi connectivity index (χ1n) is 6.33. The van der Waals surface area contributed by atoms with Crippen LogP contribution in [0.4, 0.5) is 0 Å². The van der Waals surface area contributed by atoms with Crippen LogP contribution in [0, 0.1) is 11.3 Å². The van der Waals surface area contributed by atoms with Gasteiger partial charge >= 0.3 is 5.70 Å². The van der Waals surface area contributed by atoms with Crippen LogP contribution >= 0.6 is 0 Å². The fraction of sp³-hybridized carbons (Fsp3) is 0.267.